The van der Waals surface area contributed by atoms with Gasteiger partial charge in [-0.2, -0.15) is 0 Å². The molecule has 0 bridgehead atoms. The van der Waals surface area contributed by atoms with E-state index in [0.29, 0.717) is 11.1 Å². The molecule has 2 heterocycles. The van der Waals surface area contributed by atoms with Crippen molar-refractivity contribution < 1.29 is 50.3 Å². The molecule has 4 rings (SSSR count). The van der Waals surface area contributed by atoms with Gasteiger partial charge in [0.15, 0.2) is 0 Å². The van der Waals surface area contributed by atoms with Gasteiger partial charge in [0.2, 0.25) is 0 Å². The van der Waals surface area contributed by atoms with Crippen molar-refractivity contribution >= 4 is 10.8 Å². The Morgan fingerprint density at radius 2 is 0.938 bits per heavy atom. The summed E-state index contributed by atoms with van der Waals surface area (Å²) in [4.78, 5) is 0. The highest BCUT2D eigenvalue weighted by atomic mass is 16.6. The fourth-order valence-corrected chi connectivity index (χ4v) is 4.49. The standard InChI is InChI=1S/C22H28O10/c23-7-13-15(25)17(27)19(29)21(31-13)11-5-9-3-1-2-4-10(9)6-12(11)22-20(30)18(28)16(26)14(8-24)32-22/h1-6,13-30H,7-8H2/t13-,14-,15-,16-,17+,18+,19-,20-,21+,22+/m1/s1. The first-order chi connectivity index (χ1) is 15.3. The van der Waals surface area contributed by atoms with Crippen molar-refractivity contribution in [3.63, 3.8) is 0 Å². The van der Waals surface area contributed by atoms with E-state index < -0.39 is 74.3 Å². The third-order valence-corrected chi connectivity index (χ3v) is 6.35. The van der Waals surface area contributed by atoms with Crippen LogP contribution >= 0.6 is 0 Å². The number of benzene rings is 2. The van der Waals surface area contributed by atoms with E-state index in [4.69, 9.17) is 9.47 Å². The Morgan fingerprint density at radius 1 is 0.562 bits per heavy atom. The lowest BCUT2D eigenvalue weighted by molar-refractivity contribution is -0.238. The molecule has 0 saturated carbocycles. The summed E-state index contributed by atoms with van der Waals surface area (Å²) in [6.07, 6.45) is -14.2. The zero-order valence-corrected chi connectivity index (χ0v) is 17.0. The van der Waals surface area contributed by atoms with E-state index in [1.807, 2.05) is 0 Å². The third kappa shape index (κ3) is 3.93. The topological polar surface area (TPSA) is 180 Å². The summed E-state index contributed by atoms with van der Waals surface area (Å²) in [5.41, 5.74) is 0.592. The molecule has 0 aromatic heterocycles. The summed E-state index contributed by atoms with van der Waals surface area (Å²) in [5.74, 6) is 0. The molecule has 0 spiro atoms. The number of aliphatic hydroxyl groups excluding tert-OH is 8. The van der Waals surface area contributed by atoms with Crippen LogP contribution in [0.3, 0.4) is 0 Å². The van der Waals surface area contributed by atoms with Crippen LogP contribution in [-0.2, 0) is 9.47 Å². The summed E-state index contributed by atoms with van der Waals surface area (Å²) in [5, 5.41) is 82.8. The van der Waals surface area contributed by atoms with Gasteiger partial charge in [-0.3, -0.25) is 0 Å². The van der Waals surface area contributed by atoms with Gasteiger partial charge in [0.25, 0.3) is 0 Å². The van der Waals surface area contributed by atoms with Gasteiger partial charge in [-0.25, -0.2) is 0 Å². The number of aliphatic hydroxyl groups is 8. The fraction of sp³-hybridized carbons (Fsp3) is 0.545. The second-order valence-electron chi connectivity index (χ2n) is 8.33. The van der Waals surface area contributed by atoms with E-state index in [9.17, 15) is 40.9 Å². The maximum absolute atomic E-state index is 10.7. The molecule has 10 heteroatoms. The van der Waals surface area contributed by atoms with Gasteiger partial charge in [0, 0.05) is 0 Å². The molecular weight excluding hydrogens is 424 g/mol. The normalized spacial score (nSPS) is 40.5. The highest BCUT2D eigenvalue weighted by Crippen LogP contribution is 2.42. The first-order valence-corrected chi connectivity index (χ1v) is 10.4. The van der Waals surface area contributed by atoms with Gasteiger partial charge in [0.05, 0.1) is 13.2 Å². The van der Waals surface area contributed by atoms with Crippen molar-refractivity contribution in [3.05, 3.63) is 47.5 Å². The number of hydrogen-bond donors (Lipinski definition) is 8. The second kappa shape index (κ2) is 9.27. The van der Waals surface area contributed by atoms with Gasteiger partial charge >= 0.3 is 0 Å². The van der Waals surface area contributed by atoms with E-state index in [-0.39, 0.29) is 0 Å². The van der Waals surface area contributed by atoms with Crippen LogP contribution in [0.15, 0.2) is 36.4 Å². The Balaban J connectivity index is 1.84. The SMILES string of the molecule is OC[C@H]1O[C@@H](c2cc3ccccc3cc2[C@@H]2O[C@H](CO)[C@@H](O)[C@H](O)[C@H]2O)[C@H](O)[C@@H](O)[C@@H]1O. The Bertz CT molecular complexity index is 860. The van der Waals surface area contributed by atoms with Gasteiger partial charge in [-0.15, -0.1) is 0 Å². The van der Waals surface area contributed by atoms with E-state index >= 15 is 0 Å². The summed E-state index contributed by atoms with van der Waals surface area (Å²) in [6.45, 7) is -1.21. The maximum Gasteiger partial charge on any atom is 0.113 e. The number of fused-ring (bicyclic) bond motifs is 1. The number of hydrogen-bond acceptors (Lipinski definition) is 10. The quantitative estimate of drug-likeness (QED) is 0.255. The van der Waals surface area contributed by atoms with Crippen LogP contribution < -0.4 is 0 Å². The van der Waals surface area contributed by atoms with E-state index in [0.717, 1.165) is 10.8 Å². The predicted molar refractivity (Wildman–Crippen MR) is 109 cm³/mol. The van der Waals surface area contributed by atoms with Crippen LogP contribution in [0, 0.1) is 0 Å². The van der Waals surface area contributed by atoms with Crippen LogP contribution in [0.1, 0.15) is 23.3 Å². The second-order valence-corrected chi connectivity index (χ2v) is 8.33. The average molecular weight is 452 g/mol. The molecular formula is C22H28O10. The molecule has 32 heavy (non-hydrogen) atoms. The molecule has 0 unspecified atom stereocenters. The smallest absolute Gasteiger partial charge is 0.113 e. The monoisotopic (exact) mass is 452 g/mol. The summed E-state index contributed by atoms with van der Waals surface area (Å²) in [7, 11) is 0. The van der Waals surface area contributed by atoms with Gasteiger partial charge in [-0.1, -0.05) is 24.3 Å². The Kier molecular flexibility index (Phi) is 6.80. The van der Waals surface area contributed by atoms with Crippen molar-refractivity contribution in [2.24, 2.45) is 0 Å². The first-order valence-electron chi connectivity index (χ1n) is 10.4. The van der Waals surface area contributed by atoms with Crippen molar-refractivity contribution in [2.45, 2.75) is 61.0 Å². The van der Waals surface area contributed by atoms with Crippen molar-refractivity contribution in [3.8, 4) is 0 Å². The van der Waals surface area contributed by atoms with E-state index in [1.54, 1.807) is 36.4 Å². The molecule has 10 atom stereocenters. The minimum absolute atomic E-state index is 0.296. The largest absolute Gasteiger partial charge is 0.394 e. The van der Waals surface area contributed by atoms with Crippen LogP contribution in [0.25, 0.3) is 10.8 Å². The average Bonchev–Trinajstić information content (AvgIpc) is 2.81. The first kappa shape index (κ1) is 23.5. The predicted octanol–water partition coefficient (Wildman–Crippen LogP) is -2.13. The molecule has 176 valence electrons. The van der Waals surface area contributed by atoms with Crippen LogP contribution in [0.4, 0.5) is 0 Å². The Labute approximate surface area is 183 Å². The van der Waals surface area contributed by atoms with Gasteiger partial charge in [0.1, 0.15) is 61.0 Å². The van der Waals surface area contributed by atoms with Crippen molar-refractivity contribution in [2.75, 3.05) is 13.2 Å². The van der Waals surface area contributed by atoms with Gasteiger partial charge < -0.3 is 50.3 Å². The Morgan fingerprint density at radius 3 is 1.28 bits per heavy atom. The summed E-state index contributed by atoms with van der Waals surface area (Å²) in [6, 6.07) is 10.5. The van der Waals surface area contributed by atoms with Crippen LogP contribution in [0.5, 0.6) is 0 Å². The minimum Gasteiger partial charge on any atom is -0.394 e. The maximum atomic E-state index is 10.7. The molecule has 0 amide bonds. The molecule has 2 aliphatic rings. The molecule has 0 aliphatic carbocycles. The lowest BCUT2D eigenvalue weighted by Crippen LogP contribution is -2.56. The molecule has 0 radical (unpaired) electrons. The summed E-state index contributed by atoms with van der Waals surface area (Å²) < 4.78 is 11.4. The van der Waals surface area contributed by atoms with Crippen molar-refractivity contribution in [1.29, 1.82) is 0 Å². The van der Waals surface area contributed by atoms with Crippen molar-refractivity contribution in [1.82, 2.24) is 0 Å². The molecule has 2 aromatic carbocycles. The molecule has 2 aliphatic heterocycles. The Hall–Kier alpha value is -1.70. The molecule has 2 saturated heterocycles. The van der Waals surface area contributed by atoms with E-state index in [1.165, 1.54) is 0 Å². The highest BCUT2D eigenvalue weighted by molar-refractivity contribution is 5.84. The lowest BCUT2D eigenvalue weighted by atomic mass is 9.83. The summed E-state index contributed by atoms with van der Waals surface area (Å²) >= 11 is 0. The molecule has 8 N–H and O–H groups in total. The third-order valence-electron chi connectivity index (χ3n) is 6.35. The highest BCUT2D eigenvalue weighted by Gasteiger charge is 2.48. The zero-order chi connectivity index (χ0) is 23.2. The molecule has 2 aromatic rings. The molecule has 10 nitrogen and oxygen atoms in total. The fourth-order valence-electron chi connectivity index (χ4n) is 4.49. The zero-order valence-electron chi connectivity index (χ0n) is 17.0. The number of ether oxygens (including phenoxy) is 2. The number of rotatable bonds is 4. The van der Waals surface area contributed by atoms with Crippen LogP contribution in [-0.4, -0.2) is 103 Å². The van der Waals surface area contributed by atoms with Crippen LogP contribution in [0.2, 0.25) is 0 Å². The minimum atomic E-state index is -1.61. The lowest BCUT2D eigenvalue weighted by Gasteiger charge is -2.43. The molecule has 2 fully saturated rings. The van der Waals surface area contributed by atoms with E-state index in [2.05, 4.69) is 0 Å². The van der Waals surface area contributed by atoms with Gasteiger partial charge in [-0.05, 0) is 34.0 Å².